The summed E-state index contributed by atoms with van der Waals surface area (Å²) < 4.78 is 5.50. The maximum atomic E-state index is 5.50. The van der Waals surface area contributed by atoms with Crippen LogP contribution < -0.4 is 5.32 Å². The summed E-state index contributed by atoms with van der Waals surface area (Å²) in [5.74, 6) is 1.22. The molecule has 0 spiro atoms. The molecular formula is C19H31NO. The number of fused-ring (bicyclic) bond motifs is 1. The van der Waals surface area contributed by atoms with Gasteiger partial charge in [0.05, 0.1) is 0 Å². The van der Waals surface area contributed by atoms with E-state index in [0.29, 0.717) is 11.8 Å². The highest BCUT2D eigenvalue weighted by Crippen LogP contribution is 2.42. The van der Waals surface area contributed by atoms with E-state index >= 15 is 0 Å². The number of benzene rings is 1. The van der Waals surface area contributed by atoms with Gasteiger partial charge in [-0.15, -0.1) is 0 Å². The number of hydrogen-bond donors (Lipinski definition) is 1. The molecule has 1 aliphatic carbocycles. The Hall–Kier alpha value is -0.860. The van der Waals surface area contributed by atoms with Gasteiger partial charge in [0, 0.05) is 25.7 Å². The van der Waals surface area contributed by atoms with E-state index in [1.807, 2.05) is 7.11 Å². The summed E-state index contributed by atoms with van der Waals surface area (Å²) in [5.41, 5.74) is 3.31. The molecule has 1 aromatic rings. The Morgan fingerprint density at radius 2 is 2.00 bits per heavy atom. The van der Waals surface area contributed by atoms with Gasteiger partial charge < -0.3 is 10.1 Å². The van der Waals surface area contributed by atoms with Crippen LogP contribution in [0, 0.1) is 11.8 Å². The third kappa shape index (κ3) is 3.67. The van der Waals surface area contributed by atoms with Crippen molar-refractivity contribution >= 4 is 0 Å². The number of hydrogen-bond acceptors (Lipinski definition) is 2. The van der Waals surface area contributed by atoms with Gasteiger partial charge in [0.15, 0.2) is 0 Å². The van der Waals surface area contributed by atoms with E-state index in [-0.39, 0.29) is 5.41 Å². The van der Waals surface area contributed by atoms with Gasteiger partial charge in [-0.25, -0.2) is 0 Å². The fourth-order valence-electron chi connectivity index (χ4n) is 3.82. The van der Waals surface area contributed by atoms with Crippen LogP contribution in [0.4, 0.5) is 0 Å². The predicted molar refractivity (Wildman–Crippen MR) is 89.8 cm³/mol. The summed E-state index contributed by atoms with van der Waals surface area (Å²) in [7, 11) is 1.82. The lowest BCUT2D eigenvalue weighted by atomic mass is 9.63. The second-order valence-corrected chi connectivity index (χ2v) is 7.05. The lowest BCUT2D eigenvalue weighted by molar-refractivity contribution is 0.101. The van der Waals surface area contributed by atoms with E-state index < -0.39 is 0 Å². The Balaban J connectivity index is 2.28. The number of ether oxygens (including phenoxy) is 1. The molecule has 0 saturated carbocycles. The second-order valence-electron chi connectivity index (χ2n) is 7.05. The summed E-state index contributed by atoms with van der Waals surface area (Å²) in [5, 5.41) is 3.72. The minimum absolute atomic E-state index is 0.222. The first kappa shape index (κ1) is 16.5. The molecule has 1 aliphatic rings. The Labute approximate surface area is 130 Å². The van der Waals surface area contributed by atoms with Crippen molar-refractivity contribution in [1.29, 1.82) is 0 Å². The number of rotatable bonds is 7. The first-order chi connectivity index (χ1) is 10.1. The van der Waals surface area contributed by atoms with E-state index in [9.17, 15) is 0 Å². The largest absolute Gasteiger partial charge is 0.384 e. The molecule has 0 radical (unpaired) electrons. The summed E-state index contributed by atoms with van der Waals surface area (Å²) in [6, 6.07) is 9.03. The summed E-state index contributed by atoms with van der Waals surface area (Å²) in [4.78, 5) is 0. The highest BCUT2D eigenvalue weighted by molar-refractivity contribution is 5.38. The third-order valence-corrected chi connectivity index (χ3v) is 4.98. The molecule has 0 saturated heterocycles. The van der Waals surface area contributed by atoms with Crippen LogP contribution in [0.3, 0.4) is 0 Å². The van der Waals surface area contributed by atoms with Gasteiger partial charge >= 0.3 is 0 Å². The molecule has 2 heteroatoms. The monoisotopic (exact) mass is 289 g/mol. The zero-order valence-corrected chi connectivity index (χ0v) is 14.1. The van der Waals surface area contributed by atoms with Crippen molar-refractivity contribution in [3.8, 4) is 0 Å². The molecule has 1 aromatic carbocycles. The molecule has 2 unspecified atom stereocenters. The molecule has 2 nitrogen and oxygen atoms in total. The van der Waals surface area contributed by atoms with Crippen molar-refractivity contribution in [2.24, 2.45) is 11.8 Å². The second kappa shape index (κ2) is 7.42. The van der Waals surface area contributed by atoms with E-state index in [4.69, 9.17) is 4.74 Å². The fraction of sp³-hybridized carbons (Fsp3) is 0.684. The topological polar surface area (TPSA) is 21.3 Å². The average Bonchev–Trinajstić information content (AvgIpc) is 2.47. The van der Waals surface area contributed by atoms with E-state index in [1.165, 1.54) is 24.8 Å². The third-order valence-electron chi connectivity index (χ3n) is 4.98. The van der Waals surface area contributed by atoms with Gasteiger partial charge in [-0.2, -0.15) is 0 Å². The smallest absolute Gasteiger partial charge is 0.0496 e. The van der Waals surface area contributed by atoms with Crippen molar-refractivity contribution in [3.05, 3.63) is 35.4 Å². The van der Waals surface area contributed by atoms with Gasteiger partial charge in [-0.3, -0.25) is 0 Å². The van der Waals surface area contributed by atoms with Crippen molar-refractivity contribution in [2.45, 2.75) is 45.4 Å². The molecule has 0 aromatic heterocycles. The standard InChI is InChI=1S/C19H31NO/c1-15(2)12-20-14-19(16(3)13-21-4)11-7-9-17-8-5-6-10-18(17)19/h5-6,8,10,15-16,20H,7,9,11-14H2,1-4H3. The van der Waals surface area contributed by atoms with Crippen LogP contribution in [0.25, 0.3) is 0 Å². The first-order valence-corrected chi connectivity index (χ1v) is 8.38. The van der Waals surface area contributed by atoms with E-state index in [1.54, 1.807) is 5.56 Å². The lowest BCUT2D eigenvalue weighted by Gasteiger charge is -2.44. The fourth-order valence-corrected chi connectivity index (χ4v) is 3.82. The van der Waals surface area contributed by atoms with Gasteiger partial charge in [0.2, 0.25) is 0 Å². The first-order valence-electron chi connectivity index (χ1n) is 8.38. The number of aryl methyl sites for hydroxylation is 1. The van der Waals surface area contributed by atoms with Crippen LogP contribution in [0.5, 0.6) is 0 Å². The van der Waals surface area contributed by atoms with Crippen LogP contribution in [0.15, 0.2) is 24.3 Å². The molecule has 2 atom stereocenters. The summed E-state index contributed by atoms with van der Waals surface area (Å²) >= 11 is 0. The molecule has 0 amide bonds. The Morgan fingerprint density at radius 1 is 1.24 bits per heavy atom. The average molecular weight is 289 g/mol. The Morgan fingerprint density at radius 3 is 2.71 bits per heavy atom. The molecule has 1 N–H and O–H groups in total. The minimum Gasteiger partial charge on any atom is -0.384 e. The minimum atomic E-state index is 0.222. The molecular weight excluding hydrogens is 258 g/mol. The van der Waals surface area contributed by atoms with Gasteiger partial charge in [-0.1, -0.05) is 45.0 Å². The quantitative estimate of drug-likeness (QED) is 0.824. The van der Waals surface area contributed by atoms with Gasteiger partial charge in [0.1, 0.15) is 0 Å². The van der Waals surface area contributed by atoms with Crippen LogP contribution in [-0.2, 0) is 16.6 Å². The van der Waals surface area contributed by atoms with Crippen LogP contribution >= 0.6 is 0 Å². The SMILES string of the molecule is COCC(C)C1(CNCC(C)C)CCCc2ccccc21. The molecule has 0 heterocycles. The van der Waals surface area contributed by atoms with Crippen molar-refractivity contribution in [3.63, 3.8) is 0 Å². The highest BCUT2D eigenvalue weighted by Gasteiger charge is 2.40. The molecule has 21 heavy (non-hydrogen) atoms. The number of methoxy groups -OCH3 is 1. The highest BCUT2D eigenvalue weighted by atomic mass is 16.5. The normalized spacial score (nSPS) is 23.1. The summed E-state index contributed by atoms with van der Waals surface area (Å²) in [6.07, 6.45) is 3.77. The van der Waals surface area contributed by atoms with E-state index in [2.05, 4.69) is 50.4 Å². The lowest BCUT2D eigenvalue weighted by Crippen LogP contribution is -2.47. The van der Waals surface area contributed by atoms with Crippen molar-refractivity contribution < 1.29 is 4.74 Å². The number of nitrogens with one attached hydrogen (secondary N) is 1. The zero-order valence-electron chi connectivity index (χ0n) is 14.1. The molecule has 2 rings (SSSR count). The van der Waals surface area contributed by atoms with E-state index in [0.717, 1.165) is 19.7 Å². The zero-order chi connectivity index (χ0) is 15.3. The molecule has 0 fully saturated rings. The molecule has 0 aliphatic heterocycles. The molecule has 118 valence electrons. The predicted octanol–water partition coefficient (Wildman–Crippen LogP) is 3.79. The van der Waals surface area contributed by atoms with Crippen molar-refractivity contribution in [2.75, 3.05) is 26.8 Å². The van der Waals surface area contributed by atoms with Gasteiger partial charge in [0.25, 0.3) is 0 Å². The molecule has 0 bridgehead atoms. The van der Waals surface area contributed by atoms with Crippen LogP contribution in [0.2, 0.25) is 0 Å². The maximum Gasteiger partial charge on any atom is 0.0496 e. The maximum absolute atomic E-state index is 5.50. The van der Waals surface area contributed by atoms with Gasteiger partial charge in [-0.05, 0) is 48.8 Å². The Bertz CT molecular complexity index is 443. The van der Waals surface area contributed by atoms with Crippen LogP contribution in [0.1, 0.15) is 44.7 Å². The summed E-state index contributed by atoms with van der Waals surface area (Å²) in [6.45, 7) is 9.87. The van der Waals surface area contributed by atoms with Crippen molar-refractivity contribution in [1.82, 2.24) is 5.32 Å². The Kier molecular flexibility index (Phi) is 5.83. The van der Waals surface area contributed by atoms with Crippen LogP contribution in [-0.4, -0.2) is 26.8 Å².